The van der Waals surface area contributed by atoms with Crippen molar-refractivity contribution in [1.82, 2.24) is 10.2 Å². The van der Waals surface area contributed by atoms with E-state index < -0.39 is 6.04 Å². The first-order chi connectivity index (χ1) is 17.0. The zero-order valence-corrected chi connectivity index (χ0v) is 20.9. The summed E-state index contributed by atoms with van der Waals surface area (Å²) in [6, 6.07) is 22.8. The number of halogens is 1. The number of ether oxygens (including phenoxy) is 1. The van der Waals surface area contributed by atoms with Gasteiger partial charge in [-0.05, 0) is 47.9 Å². The molecule has 0 aliphatic rings. The van der Waals surface area contributed by atoms with E-state index in [1.807, 2.05) is 61.5 Å². The Kier molecular flexibility index (Phi) is 10.2. The molecule has 2 amide bonds. The van der Waals surface area contributed by atoms with Crippen LogP contribution in [0.1, 0.15) is 23.6 Å². The van der Waals surface area contributed by atoms with Gasteiger partial charge in [0.1, 0.15) is 17.6 Å². The summed E-state index contributed by atoms with van der Waals surface area (Å²) >= 11 is 1.45. The second-order valence-electron chi connectivity index (χ2n) is 8.09. The summed E-state index contributed by atoms with van der Waals surface area (Å²) in [7, 11) is 1.60. The molecule has 0 fully saturated rings. The number of hydrogen-bond acceptors (Lipinski definition) is 4. The summed E-state index contributed by atoms with van der Waals surface area (Å²) in [5.41, 5.74) is 2.79. The van der Waals surface area contributed by atoms with Crippen LogP contribution >= 0.6 is 11.8 Å². The number of thioether (sulfide) groups is 1. The summed E-state index contributed by atoms with van der Waals surface area (Å²) in [5.74, 6) is 0.863. The molecule has 0 radical (unpaired) electrons. The molecule has 0 unspecified atom stereocenters. The third-order valence-electron chi connectivity index (χ3n) is 5.52. The van der Waals surface area contributed by atoms with E-state index in [2.05, 4.69) is 5.32 Å². The van der Waals surface area contributed by atoms with E-state index in [4.69, 9.17) is 4.74 Å². The Labute approximate surface area is 210 Å². The Morgan fingerprint density at radius 3 is 2.37 bits per heavy atom. The third kappa shape index (κ3) is 8.14. The van der Waals surface area contributed by atoms with Gasteiger partial charge in [0, 0.05) is 25.3 Å². The van der Waals surface area contributed by atoms with Gasteiger partial charge in [0.15, 0.2) is 0 Å². The van der Waals surface area contributed by atoms with E-state index in [0.29, 0.717) is 24.5 Å². The van der Waals surface area contributed by atoms with E-state index in [1.165, 1.54) is 23.9 Å². The van der Waals surface area contributed by atoms with E-state index in [9.17, 15) is 14.0 Å². The molecular weight excluding hydrogens is 463 g/mol. The van der Waals surface area contributed by atoms with Gasteiger partial charge in [0.05, 0.1) is 12.9 Å². The highest BCUT2D eigenvalue weighted by atomic mass is 32.2. The maximum atomic E-state index is 13.5. The molecule has 35 heavy (non-hydrogen) atoms. The van der Waals surface area contributed by atoms with Crippen LogP contribution in [0.4, 0.5) is 4.39 Å². The number of nitrogens with zero attached hydrogens (tertiary/aromatic N) is 1. The van der Waals surface area contributed by atoms with Crippen molar-refractivity contribution in [2.24, 2.45) is 0 Å². The lowest BCUT2D eigenvalue weighted by Gasteiger charge is -2.31. The molecule has 0 heterocycles. The molecule has 0 aliphatic carbocycles. The second kappa shape index (κ2) is 13.5. The van der Waals surface area contributed by atoms with Gasteiger partial charge in [-0.2, -0.15) is 0 Å². The molecule has 3 rings (SSSR count). The highest BCUT2D eigenvalue weighted by Crippen LogP contribution is 2.20. The Balaban J connectivity index is 1.83. The van der Waals surface area contributed by atoms with Crippen LogP contribution in [0.3, 0.4) is 0 Å². The molecule has 7 heteroatoms. The topological polar surface area (TPSA) is 58.6 Å². The Morgan fingerprint density at radius 1 is 0.971 bits per heavy atom. The van der Waals surface area contributed by atoms with Crippen LogP contribution in [-0.4, -0.2) is 42.2 Å². The SMILES string of the molecule is CCNC(=O)[C@@H](Cc1ccccc1)N(Cc1cccc(OC)c1)C(=O)CSCc1ccc(F)cc1. The quantitative estimate of drug-likeness (QED) is 0.391. The van der Waals surface area contributed by atoms with Gasteiger partial charge in [-0.3, -0.25) is 9.59 Å². The third-order valence-corrected chi connectivity index (χ3v) is 6.51. The molecule has 0 bridgehead atoms. The molecule has 1 atom stereocenters. The van der Waals surface area contributed by atoms with Crippen molar-refractivity contribution in [1.29, 1.82) is 0 Å². The second-order valence-corrected chi connectivity index (χ2v) is 9.08. The van der Waals surface area contributed by atoms with Crippen LogP contribution in [0.15, 0.2) is 78.9 Å². The first-order valence-corrected chi connectivity index (χ1v) is 12.7. The molecule has 0 saturated heterocycles. The number of methoxy groups -OCH3 is 1. The van der Waals surface area contributed by atoms with Crippen molar-refractivity contribution < 1.29 is 18.7 Å². The first-order valence-electron chi connectivity index (χ1n) is 11.6. The van der Waals surface area contributed by atoms with Crippen LogP contribution in [0.2, 0.25) is 0 Å². The predicted molar refractivity (Wildman–Crippen MR) is 139 cm³/mol. The number of carbonyl (C=O) groups is 2. The standard InChI is InChI=1S/C28H31FN2O3S/c1-3-30-28(33)26(17-21-8-5-4-6-9-21)31(18-23-10-7-11-25(16-23)34-2)27(32)20-35-19-22-12-14-24(29)15-13-22/h4-16,26H,3,17-20H2,1-2H3,(H,30,33)/t26-/m1/s1. The Morgan fingerprint density at radius 2 is 1.69 bits per heavy atom. The monoisotopic (exact) mass is 494 g/mol. The molecular formula is C28H31FN2O3S. The molecule has 0 spiro atoms. The number of carbonyl (C=O) groups excluding carboxylic acids is 2. The van der Waals surface area contributed by atoms with Crippen LogP contribution in [0.25, 0.3) is 0 Å². The summed E-state index contributed by atoms with van der Waals surface area (Å²) in [6.45, 7) is 2.62. The average Bonchev–Trinajstić information content (AvgIpc) is 2.88. The lowest BCUT2D eigenvalue weighted by atomic mass is 10.0. The summed E-state index contributed by atoms with van der Waals surface area (Å²) in [4.78, 5) is 28.3. The minimum absolute atomic E-state index is 0.132. The van der Waals surface area contributed by atoms with Crippen molar-refractivity contribution in [3.05, 3.63) is 101 Å². The molecule has 0 saturated carbocycles. The number of hydrogen-bond donors (Lipinski definition) is 1. The molecule has 0 aromatic heterocycles. The minimum atomic E-state index is -0.664. The van der Waals surface area contributed by atoms with Gasteiger partial charge in [0.25, 0.3) is 0 Å². The molecule has 1 N–H and O–H groups in total. The number of rotatable bonds is 12. The van der Waals surface area contributed by atoms with Gasteiger partial charge in [-0.15, -0.1) is 11.8 Å². The first kappa shape index (κ1) is 26.3. The molecule has 0 aliphatic heterocycles. The van der Waals surface area contributed by atoms with E-state index in [-0.39, 0.29) is 29.9 Å². The maximum absolute atomic E-state index is 13.5. The van der Waals surface area contributed by atoms with Gasteiger partial charge >= 0.3 is 0 Å². The predicted octanol–water partition coefficient (Wildman–Crippen LogP) is 4.84. The fraction of sp³-hybridized carbons (Fsp3) is 0.286. The van der Waals surface area contributed by atoms with Gasteiger partial charge in [-0.25, -0.2) is 4.39 Å². The fourth-order valence-electron chi connectivity index (χ4n) is 3.73. The largest absolute Gasteiger partial charge is 0.497 e. The zero-order valence-electron chi connectivity index (χ0n) is 20.1. The lowest BCUT2D eigenvalue weighted by molar-refractivity contribution is -0.139. The number of nitrogens with one attached hydrogen (secondary N) is 1. The number of amides is 2. The summed E-state index contributed by atoms with van der Waals surface area (Å²) in [6.07, 6.45) is 0.408. The van der Waals surface area contributed by atoms with Crippen LogP contribution in [0.5, 0.6) is 5.75 Å². The normalized spacial score (nSPS) is 11.5. The molecule has 3 aromatic rings. The van der Waals surface area contributed by atoms with Crippen molar-refractivity contribution in [3.63, 3.8) is 0 Å². The van der Waals surface area contributed by atoms with E-state index in [1.54, 1.807) is 24.1 Å². The Hall–Kier alpha value is -3.32. The molecule has 3 aromatic carbocycles. The van der Waals surface area contributed by atoms with Gasteiger partial charge < -0.3 is 15.0 Å². The van der Waals surface area contributed by atoms with Crippen molar-refractivity contribution in [3.8, 4) is 5.75 Å². The van der Waals surface area contributed by atoms with Crippen LogP contribution in [0, 0.1) is 5.82 Å². The van der Waals surface area contributed by atoms with E-state index in [0.717, 1.165) is 16.7 Å². The maximum Gasteiger partial charge on any atom is 0.243 e. The zero-order chi connectivity index (χ0) is 25.0. The number of likely N-dealkylation sites (N-methyl/N-ethyl adjacent to an activating group) is 1. The number of benzene rings is 3. The van der Waals surface area contributed by atoms with E-state index >= 15 is 0 Å². The van der Waals surface area contributed by atoms with Crippen molar-refractivity contribution in [2.45, 2.75) is 31.7 Å². The van der Waals surface area contributed by atoms with Crippen LogP contribution < -0.4 is 10.1 Å². The summed E-state index contributed by atoms with van der Waals surface area (Å²) < 4.78 is 18.5. The van der Waals surface area contributed by atoms with Crippen molar-refractivity contribution in [2.75, 3.05) is 19.4 Å². The Bertz CT molecular complexity index is 1090. The fourth-order valence-corrected chi connectivity index (χ4v) is 4.60. The average molecular weight is 495 g/mol. The van der Waals surface area contributed by atoms with Gasteiger partial charge in [-0.1, -0.05) is 54.6 Å². The molecule has 5 nitrogen and oxygen atoms in total. The minimum Gasteiger partial charge on any atom is -0.497 e. The molecule has 184 valence electrons. The highest BCUT2D eigenvalue weighted by Gasteiger charge is 2.30. The highest BCUT2D eigenvalue weighted by molar-refractivity contribution is 7.99. The van der Waals surface area contributed by atoms with Gasteiger partial charge in [0.2, 0.25) is 11.8 Å². The van der Waals surface area contributed by atoms with Crippen molar-refractivity contribution >= 4 is 23.6 Å². The summed E-state index contributed by atoms with van der Waals surface area (Å²) in [5, 5.41) is 2.90. The smallest absolute Gasteiger partial charge is 0.243 e. The van der Waals surface area contributed by atoms with Crippen LogP contribution in [-0.2, 0) is 28.3 Å². The lowest BCUT2D eigenvalue weighted by Crippen LogP contribution is -2.51.